The van der Waals surface area contributed by atoms with Gasteiger partial charge in [-0.15, -0.1) is 0 Å². The van der Waals surface area contributed by atoms with Crippen LogP contribution in [0, 0.1) is 0 Å². The van der Waals surface area contributed by atoms with E-state index in [0.717, 1.165) is 5.56 Å². The average molecular weight is 245 g/mol. The quantitative estimate of drug-likeness (QED) is 0.456. The van der Waals surface area contributed by atoms with Crippen LogP contribution in [0.5, 0.6) is 0 Å². The molecule has 0 bridgehead atoms. The summed E-state index contributed by atoms with van der Waals surface area (Å²) in [6, 6.07) is 19.1. The maximum Gasteiger partial charge on any atom is 0.225 e. The molecular weight excluding hydrogens is 234 g/mol. The average Bonchev–Trinajstić information content (AvgIpc) is 2.98. The Morgan fingerprint density at radius 3 is 2.21 bits per heavy atom. The zero-order valence-corrected chi connectivity index (χ0v) is 10.2. The highest BCUT2D eigenvalue weighted by molar-refractivity contribution is 5.99. The Morgan fingerprint density at radius 2 is 1.47 bits per heavy atom. The second-order valence-corrected chi connectivity index (χ2v) is 4.60. The lowest BCUT2D eigenvalue weighted by atomic mass is 10.0. The molecule has 2 heteroatoms. The van der Waals surface area contributed by atoms with Crippen LogP contribution in [0.1, 0.15) is 0 Å². The Morgan fingerprint density at radius 1 is 0.737 bits per heavy atom. The maximum absolute atomic E-state index is 5.34. The summed E-state index contributed by atoms with van der Waals surface area (Å²) in [6.07, 6.45) is 3.26. The van der Waals surface area contributed by atoms with Crippen LogP contribution in [0.3, 0.4) is 0 Å². The van der Waals surface area contributed by atoms with E-state index in [-0.39, 0.29) is 0 Å². The number of aromatic nitrogens is 1. The fourth-order valence-electron chi connectivity index (χ4n) is 2.44. The van der Waals surface area contributed by atoms with Gasteiger partial charge in [0.1, 0.15) is 6.26 Å². The van der Waals surface area contributed by atoms with Crippen LogP contribution in [0.4, 0.5) is 0 Å². The summed E-state index contributed by atoms with van der Waals surface area (Å²) in [6.45, 7) is 0. The van der Waals surface area contributed by atoms with Crippen molar-refractivity contribution in [3.63, 3.8) is 0 Å². The molecule has 1 heterocycles. The molecule has 4 aromatic rings. The molecule has 0 aliphatic heterocycles. The summed E-state index contributed by atoms with van der Waals surface area (Å²) < 4.78 is 5.34. The van der Waals surface area contributed by atoms with Gasteiger partial charge < -0.3 is 4.42 Å². The number of oxazole rings is 1. The summed E-state index contributed by atoms with van der Waals surface area (Å²) in [4.78, 5) is 4.19. The second-order valence-electron chi connectivity index (χ2n) is 4.60. The van der Waals surface area contributed by atoms with Gasteiger partial charge in [-0.3, -0.25) is 0 Å². The Labute approximate surface area is 110 Å². The van der Waals surface area contributed by atoms with Crippen LogP contribution < -0.4 is 0 Å². The summed E-state index contributed by atoms with van der Waals surface area (Å²) in [5, 5.41) is 4.95. The summed E-state index contributed by atoms with van der Waals surface area (Å²) in [5.74, 6) is 0.662. The zero-order chi connectivity index (χ0) is 12.7. The van der Waals surface area contributed by atoms with Gasteiger partial charge in [0.05, 0.1) is 6.20 Å². The molecule has 0 amide bonds. The second kappa shape index (κ2) is 3.95. The van der Waals surface area contributed by atoms with Gasteiger partial charge in [-0.2, -0.15) is 0 Å². The monoisotopic (exact) mass is 245 g/mol. The molecule has 3 aromatic carbocycles. The lowest BCUT2D eigenvalue weighted by Crippen LogP contribution is -1.80. The van der Waals surface area contributed by atoms with Crippen molar-refractivity contribution in [1.82, 2.24) is 4.98 Å². The highest BCUT2D eigenvalue weighted by atomic mass is 16.3. The number of rotatable bonds is 1. The molecule has 90 valence electrons. The van der Waals surface area contributed by atoms with Crippen LogP contribution >= 0.6 is 0 Å². The molecule has 0 radical (unpaired) electrons. The van der Waals surface area contributed by atoms with Crippen molar-refractivity contribution in [2.45, 2.75) is 0 Å². The number of hydrogen-bond donors (Lipinski definition) is 0. The SMILES string of the molecule is c1ccc2cc3cc(-c4ncco4)ccc3cc2c1. The molecule has 4 rings (SSSR count). The predicted molar refractivity (Wildman–Crippen MR) is 77.0 cm³/mol. The van der Waals surface area contributed by atoms with Gasteiger partial charge in [0.2, 0.25) is 5.89 Å². The van der Waals surface area contributed by atoms with Gasteiger partial charge in [-0.25, -0.2) is 4.98 Å². The fraction of sp³-hybridized carbons (Fsp3) is 0. The van der Waals surface area contributed by atoms with Crippen LogP contribution in [0.2, 0.25) is 0 Å². The van der Waals surface area contributed by atoms with E-state index in [4.69, 9.17) is 4.42 Å². The van der Waals surface area contributed by atoms with E-state index >= 15 is 0 Å². The lowest BCUT2D eigenvalue weighted by Gasteiger charge is -2.03. The number of hydrogen-bond acceptors (Lipinski definition) is 2. The normalized spacial score (nSPS) is 11.2. The molecule has 0 atom stereocenters. The van der Waals surface area contributed by atoms with E-state index in [0.29, 0.717) is 5.89 Å². The van der Waals surface area contributed by atoms with Crippen molar-refractivity contribution in [2.24, 2.45) is 0 Å². The topological polar surface area (TPSA) is 26.0 Å². The van der Waals surface area contributed by atoms with Gasteiger partial charge >= 0.3 is 0 Å². The smallest absolute Gasteiger partial charge is 0.225 e. The maximum atomic E-state index is 5.34. The highest BCUT2D eigenvalue weighted by Gasteiger charge is 2.04. The molecule has 0 aliphatic rings. The molecule has 0 fully saturated rings. The molecule has 0 spiro atoms. The molecule has 0 unspecified atom stereocenters. The Bertz CT molecular complexity index is 863. The van der Waals surface area contributed by atoms with Crippen molar-refractivity contribution in [3.8, 4) is 11.5 Å². The van der Waals surface area contributed by atoms with E-state index in [1.54, 1.807) is 12.5 Å². The van der Waals surface area contributed by atoms with Crippen molar-refractivity contribution in [2.75, 3.05) is 0 Å². The minimum atomic E-state index is 0.662. The van der Waals surface area contributed by atoms with E-state index in [1.807, 2.05) is 6.07 Å². The van der Waals surface area contributed by atoms with E-state index in [1.165, 1.54) is 21.5 Å². The molecular formula is C17H11NO. The van der Waals surface area contributed by atoms with Crippen molar-refractivity contribution in [3.05, 3.63) is 67.1 Å². The highest BCUT2D eigenvalue weighted by Crippen LogP contribution is 2.27. The van der Waals surface area contributed by atoms with Crippen LogP contribution in [-0.4, -0.2) is 4.98 Å². The summed E-state index contributed by atoms with van der Waals surface area (Å²) in [5.41, 5.74) is 1.01. The molecule has 2 nitrogen and oxygen atoms in total. The Kier molecular flexibility index (Phi) is 2.15. The number of nitrogens with zero attached hydrogens (tertiary/aromatic N) is 1. The van der Waals surface area contributed by atoms with E-state index in [2.05, 4.69) is 53.5 Å². The van der Waals surface area contributed by atoms with Crippen LogP contribution in [0.25, 0.3) is 33.0 Å². The number of fused-ring (bicyclic) bond motifs is 2. The largest absolute Gasteiger partial charge is 0.445 e. The van der Waals surface area contributed by atoms with Crippen molar-refractivity contribution >= 4 is 21.5 Å². The lowest BCUT2D eigenvalue weighted by molar-refractivity contribution is 0.574. The first-order chi connectivity index (χ1) is 9.40. The standard InChI is InChI=1S/C17H11NO/c1-2-4-13-10-16-11-15(17-18-7-8-19-17)6-5-14(16)9-12(13)3-1/h1-11H. The van der Waals surface area contributed by atoms with Gasteiger partial charge in [0.25, 0.3) is 0 Å². The Hall–Kier alpha value is -2.61. The first kappa shape index (κ1) is 10.3. The van der Waals surface area contributed by atoms with Gasteiger partial charge in [0.15, 0.2) is 0 Å². The van der Waals surface area contributed by atoms with E-state index in [9.17, 15) is 0 Å². The Balaban J connectivity index is 2.00. The summed E-state index contributed by atoms with van der Waals surface area (Å²) >= 11 is 0. The molecule has 1 aromatic heterocycles. The molecule has 0 saturated heterocycles. The molecule has 0 N–H and O–H groups in total. The van der Waals surface area contributed by atoms with Crippen molar-refractivity contribution < 1.29 is 4.42 Å². The van der Waals surface area contributed by atoms with Gasteiger partial charge in [0, 0.05) is 5.56 Å². The third kappa shape index (κ3) is 1.69. The summed E-state index contributed by atoms with van der Waals surface area (Å²) in [7, 11) is 0. The molecule has 19 heavy (non-hydrogen) atoms. The predicted octanol–water partition coefficient (Wildman–Crippen LogP) is 4.65. The van der Waals surface area contributed by atoms with Crippen LogP contribution in [0.15, 0.2) is 71.5 Å². The minimum absolute atomic E-state index is 0.662. The first-order valence-electron chi connectivity index (χ1n) is 6.23. The van der Waals surface area contributed by atoms with Gasteiger partial charge in [-0.1, -0.05) is 30.3 Å². The third-order valence-corrected chi connectivity index (χ3v) is 3.38. The van der Waals surface area contributed by atoms with Gasteiger partial charge in [-0.05, 0) is 45.8 Å². The molecule has 0 aliphatic carbocycles. The fourth-order valence-corrected chi connectivity index (χ4v) is 2.44. The minimum Gasteiger partial charge on any atom is -0.445 e. The zero-order valence-electron chi connectivity index (χ0n) is 10.2. The third-order valence-electron chi connectivity index (χ3n) is 3.38. The number of benzene rings is 3. The first-order valence-corrected chi connectivity index (χ1v) is 6.23. The van der Waals surface area contributed by atoms with Crippen LogP contribution in [-0.2, 0) is 0 Å². The molecule has 0 saturated carbocycles. The van der Waals surface area contributed by atoms with E-state index < -0.39 is 0 Å². The van der Waals surface area contributed by atoms with Crippen molar-refractivity contribution in [1.29, 1.82) is 0 Å².